The van der Waals surface area contributed by atoms with Crippen LogP contribution in [0.2, 0.25) is 0 Å². The molecule has 80 valence electrons. The van der Waals surface area contributed by atoms with Crippen molar-refractivity contribution in [3.63, 3.8) is 0 Å². The van der Waals surface area contributed by atoms with Gasteiger partial charge in [0.1, 0.15) is 11.4 Å². The summed E-state index contributed by atoms with van der Waals surface area (Å²) in [6.45, 7) is 5.50. The Labute approximate surface area is 92.6 Å². The standard InChI is InChI=1S/C10H11ClN2O2/c1-6-3-4-12-9(8(6)10(14)15)13-5-7(2)11/h3-4H,2,5H2,1H3,(H,12,13)(H,14,15). The van der Waals surface area contributed by atoms with Crippen LogP contribution in [0.25, 0.3) is 0 Å². The summed E-state index contributed by atoms with van der Waals surface area (Å²) in [5.74, 6) is -0.701. The Balaban J connectivity index is 3.01. The van der Waals surface area contributed by atoms with Crippen molar-refractivity contribution < 1.29 is 9.90 Å². The van der Waals surface area contributed by atoms with E-state index in [0.717, 1.165) is 0 Å². The lowest BCUT2D eigenvalue weighted by atomic mass is 10.1. The first-order valence-electron chi connectivity index (χ1n) is 4.28. The van der Waals surface area contributed by atoms with Crippen LogP contribution < -0.4 is 5.32 Å². The minimum Gasteiger partial charge on any atom is -0.478 e. The highest BCUT2D eigenvalue weighted by Gasteiger charge is 2.13. The quantitative estimate of drug-likeness (QED) is 0.827. The Morgan fingerprint density at radius 3 is 2.93 bits per heavy atom. The van der Waals surface area contributed by atoms with Crippen molar-refractivity contribution in [2.45, 2.75) is 6.92 Å². The van der Waals surface area contributed by atoms with Crippen LogP contribution >= 0.6 is 11.6 Å². The minimum atomic E-state index is -1.01. The summed E-state index contributed by atoms with van der Waals surface area (Å²) in [7, 11) is 0. The Bertz CT molecular complexity index is 404. The van der Waals surface area contributed by atoms with E-state index in [0.29, 0.717) is 16.4 Å². The van der Waals surface area contributed by atoms with E-state index in [-0.39, 0.29) is 12.1 Å². The molecule has 0 unspecified atom stereocenters. The van der Waals surface area contributed by atoms with Gasteiger partial charge < -0.3 is 10.4 Å². The van der Waals surface area contributed by atoms with Gasteiger partial charge in [-0.25, -0.2) is 9.78 Å². The van der Waals surface area contributed by atoms with Crippen LogP contribution in [0.3, 0.4) is 0 Å². The number of nitrogens with one attached hydrogen (secondary N) is 1. The number of nitrogens with zero attached hydrogens (tertiary/aromatic N) is 1. The lowest BCUT2D eigenvalue weighted by molar-refractivity contribution is 0.0697. The van der Waals surface area contributed by atoms with Gasteiger partial charge in [-0.15, -0.1) is 0 Å². The molecule has 4 nitrogen and oxygen atoms in total. The zero-order chi connectivity index (χ0) is 11.4. The van der Waals surface area contributed by atoms with E-state index in [1.165, 1.54) is 0 Å². The number of anilines is 1. The van der Waals surface area contributed by atoms with Crippen molar-refractivity contribution in [2.75, 3.05) is 11.9 Å². The number of carboxylic acids is 1. The smallest absolute Gasteiger partial charge is 0.339 e. The number of hydrogen-bond donors (Lipinski definition) is 2. The first-order valence-corrected chi connectivity index (χ1v) is 4.66. The number of carbonyl (C=O) groups is 1. The second kappa shape index (κ2) is 4.79. The highest BCUT2D eigenvalue weighted by Crippen LogP contribution is 2.16. The van der Waals surface area contributed by atoms with Crippen molar-refractivity contribution in [2.24, 2.45) is 0 Å². The number of pyridine rings is 1. The third kappa shape index (κ3) is 2.95. The SMILES string of the molecule is C=C(Cl)CNc1nccc(C)c1C(=O)O. The first kappa shape index (κ1) is 11.5. The number of aromatic carboxylic acids is 1. The second-order valence-electron chi connectivity index (χ2n) is 3.03. The summed E-state index contributed by atoms with van der Waals surface area (Å²) in [5.41, 5.74) is 0.815. The van der Waals surface area contributed by atoms with Crippen molar-refractivity contribution in [3.8, 4) is 0 Å². The summed E-state index contributed by atoms with van der Waals surface area (Å²) in [6, 6.07) is 1.64. The number of hydrogen-bond acceptors (Lipinski definition) is 3. The number of aromatic nitrogens is 1. The Morgan fingerprint density at radius 2 is 2.40 bits per heavy atom. The minimum absolute atomic E-state index is 0.162. The van der Waals surface area contributed by atoms with Gasteiger partial charge in [-0.3, -0.25) is 0 Å². The maximum Gasteiger partial charge on any atom is 0.339 e. The van der Waals surface area contributed by atoms with Gasteiger partial charge in [-0.2, -0.15) is 0 Å². The summed E-state index contributed by atoms with van der Waals surface area (Å²) in [6.07, 6.45) is 1.54. The topological polar surface area (TPSA) is 62.2 Å². The molecule has 0 aliphatic carbocycles. The molecule has 0 saturated carbocycles. The number of aryl methyl sites for hydroxylation is 1. The van der Waals surface area contributed by atoms with E-state index in [2.05, 4.69) is 16.9 Å². The molecule has 5 heteroatoms. The number of rotatable bonds is 4. The van der Waals surface area contributed by atoms with E-state index < -0.39 is 5.97 Å². The monoisotopic (exact) mass is 226 g/mol. The molecule has 0 aliphatic heterocycles. The normalized spacial score (nSPS) is 9.73. The molecule has 0 spiro atoms. The molecule has 15 heavy (non-hydrogen) atoms. The summed E-state index contributed by atoms with van der Waals surface area (Å²) >= 11 is 5.57. The summed E-state index contributed by atoms with van der Waals surface area (Å²) in [4.78, 5) is 14.9. The van der Waals surface area contributed by atoms with Crippen molar-refractivity contribution in [1.82, 2.24) is 4.98 Å². The van der Waals surface area contributed by atoms with Crippen LogP contribution in [-0.2, 0) is 0 Å². The fourth-order valence-corrected chi connectivity index (χ4v) is 1.21. The second-order valence-corrected chi connectivity index (χ2v) is 3.56. The lowest BCUT2D eigenvalue weighted by Crippen LogP contribution is -2.10. The van der Waals surface area contributed by atoms with E-state index in [9.17, 15) is 4.79 Å². The third-order valence-corrected chi connectivity index (χ3v) is 1.95. The van der Waals surface area contributed by atoms with Gasteiger partial charge in [-0.1, -0.05) is 18.2 Å². The predicted octanol–water partition coefficient (Wildman–Crippen LogP) is 2.25. The molecule has 0 aliphatic rings. The molecule has 1 aromatic heterocycles. The summed E-state index contributed by atoms with van der Waals surface area (Å²) in [5, 5.41) is 12.2. The van der Waals surface area contributed by atoms with Crippen LogP contribution in [0, 0.1) is 6.92 Å². The Kier molecular flexibility index (Phi) is 3.68. The van der Waals surface area contributed by atoms with Gasteiger partial charge >= 0.3 is 5.97 Å². The molecule has 0 amide bonds. The molecule has 0 radical (unpaired) electrons. The average molecular weight is 227 g/mol. The molecule has 0 saturated heterocycles. The highest BCUT2D eigenvalue weighted by molar-refractivity contribution is 6.29. The molecule has 0 fully saturated rings. The van der Waals surface area contributed by atoms with Crippen molar-refractivity contribution >= 4 is 23.4 Å². The molecule has 0 bridgehead atoms. The first-order chi connectivity index (χ1) is 7.02. The molecular weight excluding hydrogens is 216 g/mol. The molecule has 0 atom stereocenters. The zero-order valence-electron chi connectivity index (χ0n) is 8.25. The van der Waals surface area contributed by atoms with Crippen molar-refractivity contribution in [3.05, 3.63) is 35.0 Å². The fraction of sp³-hybridized carbons (Fsp3) is 0.200. The Hall–Kier alpha value is -1.55. The van der Waals surface area contributed by atoms with E-state index >= 15 is 0 Å². The molecule has 1 rings (SSSR count). The van der Waals surface area contributed by atoms with Crippen LogP contribution in [0.1, 0.15) is 15.9 Å². The predicted molar refractivity (Wildman–Crippen MR) is 59.4 cm³/mol. The average Bonchev–Trinajstić information content (AvgIpc) is 2.13. The van der Waals surface area contributed by atoms with Crippen LogP contribution in [0.4, 0.5) is 5.82 Å². The van der Waals surface area contributed by atoms with Crippen LogP contribution in [-0.4, -0.2) is 22.6 Å². The molecule has 1 aromatic rings. The van der Waals surface area contributed by atoms with Gasteiger partial charge in [0.05, 0.1) is 6.54 Å². The Morgan fingerprint density at radius 1 is 1.73 bits per heavy atom. The molecular formula is C10H11ClN2O2. The zero-order valence-corrected chi connectivity index (χ0v) is 9.01. The van der Waals surface area contributed by atoms with Crippen LogP contribution in [0.15, 0.2) is 23.9 Å². The number of carboxylic acid groups (broad SMARTS) is 1. The maximum absolute atomic E-state index is 11.0. The third-order valence-electron chi connectivity index (χ3n) is 1.82. The molecule has 1 heterocycles. The fourth-order valence-electron chi connectivity index (χ4n) is 1.14. The van der Waals surface area contributed by atoms with E-state index in [1.807, 2.05) is 0 Å². The van der Waals surface area contributed by atoms with Gasteiger partial charge in [0, 0.05) is 11.2 Å². The van der Waals surface area contributed by atoms with E-state index in [4.69, 9.17) is 16.7 Å². The van der Waals surface area contributed by atoms with Gasteiger partial charge in [0.25, 0.3) is 0 Å². The summed E-state index contributed by atoms with van der Waals surface area (Å²) < 4.78 is 0. The highest BCUT2D eigenvalue weighted by atomic mass is 35.5. The molecule has 0 aromatic carbocycles. The lowest BCUT2D eigenvalue weighted by Gasteiger charge is -2.09. The van der Waals surface area contributed by atoms with Gasteiger partial charge in [0.2, 0.25) is 0 Å². The van der Waals surface area contributed by atoms with Crippen LogP contribution in [0.5, 0.6) is 0 Å². The molecule has 2 N–H and O–H groups in total. The maximum atomic E-state index is 11.0. The number of halogens is 1. The largest absolute Gasteiger partial charge is 0.478 e. The van der Waals surface area contributed by atoms with Crippen molar-refractivity contribution in [1.29, 1.82) is 0 Å². The van der Waals surface area contributed by atoms with E-state index in [1.54, 1.807) is 19.2 Å². The van der Waals surface area contributed by atoms with Gasteiger partial charge in [0.15, 0.2) is 0 Å². The van der Waals surface area contributed by atoms with Gasteiger partial charge in [-0.05, 0) is 18.6 Å².